The van der Waals surface area contributed by atoms with Crippen LogP contribution in [-0.2, 0) is 0 Å². The molecule has 0 atom stereocenters. The van der Waals surface area contributed by atoms with E-state index in [1.54, 1.807) is 0 Å². The van der Waals surface area contributed by atoms with Gasteiger partial charge in [-0.1, -0.05) is 11.6 Å². The molecular weight excluding hydrogens is 417 g/mol. The summed E-state index contributed by atoms with van der Waals surface area (Å²) in [5.41, 5.74) is 0.631. The minimum absolute atomic E-state index is 0.0550. The van der Waals surface area contributed by atoms with Gasteiger partial charge in [-0.25, -0.2) is 8.78 Å². The molecule has 20 heavy (non-hydrogen) atoms. The largest absolute Gasteiger partial charge is 0.351 e. The fourth-order valence-corrected chi connectivity index (χ4v) is 2.86. The number of nitrogens with one attached hydrogen (secondary N) is 1. The Hall–Kier alpha value is -1.16. The molecule has 0 saturated heterocycles. The number of anilines is 2. The van der Waals surface area contributed by atoms with Gasteiger partial charge in [0.2, 0.25) is 0 Å². The van der Waals surface area contributed by atoms with Crippen LogP contribution in [0.25, 0.3) is 0 Å². The van der Waals surface area contributed by atoms with E-state index in [9.17, 15) is 8.78 Å². The number of nitrogens with zero attached hydrogens (tertiary/aromatic N) is 1. The van der Waals surface area contributed by atoms with E-state index in [1.165, 1.54) is 18.2 Å². The van der Waals surface area contributed by atoms with E-state index in [2.05, 4.69) is 37.2 Å². The van der Waals surface area contributed by atoms with Gasteiger partial charge < -0.3 is 5.32 Å². The minimum atomic E-state index is -0.628. The summed E-state index contributed by atoms with van der Waals surface area (Å²) in [4.78, 5) is 0. The standard InChI is InChI=1S/C13H5Br2ClF2N2/c14-8-3-7(17)4-9(16)13(8)20-10-2-1-6(5-19)11(15)12(10)18/h1-4,20H. The molecule has 2 nitrogen and oxygen atoms in total. The molecule has 2 aromatic carbocycles. The van der Waals surface area contributed by atoms with E-state index in [1.807, 2.05) is 6.07 Å². The lowest BCUT2D eigenvalue weighted by Crippen LogP contribution is -1.98. The number of nitriles is 1. The highest BCUT2D eigenvalue weighted by Crippen LogP contribution is 2.36. The lowest BCUT2D eigenvalue weighted by atomic mass is 10.2. The van der Waals surface area contributed by atoms with Crippen molar-refractivity contribution in [1.82, 2.24) is 0 Å². The van der Waals surface area contributed by atoms with Crippen LogP contribution in [0.15, 0.2) is 33.2 Å². The van der Waals surface area contributed by atoms with Crippen molar-refractivity contribution in [2.45, 2.75) is 0 Å². The summed E-state index contributed by atoms with van der Waals surface area (Å²) in [6.07, 6.45) is 0. The monoisotopic (exact) mass is 420 g/mol. The van der Waals surface area contributed by atoms with Crippen LogP contribution in [-0.4, -0.2) is 0 Å². The van der Waals surface area contributed by atoms with E-state index in [-0.39, 0.29) is 20.7 Å². The molecule has 0 aromatic heterocycles. The first-order valence-corrected chi connectivity index (χ1v) is 7.20. The van der Waals surface area contributed by atoms with Crippen LogP contribution in [0.1, 0.15) is 5.56 Å². The van der Waals surface area contributed by atoms with E-state index in [4.69, 9.17) is 16.9 Å². The third-order valence-corrected chi connectivity index (χ3v) is 4.17. The molecule has 7 heteroatoms. The molecule has 2 rings (SSSR count). The summed E-state index contributed by atoms with van der Waals surface area (Å²) >= 11 is 12.1. The molecule has 0 radical (unpaired) electrons. The van der Waals surface area contributed by atoms with Crippen molar-refractivity contribution in [2.24, 2.45) is 0 Å². The highest BCUT2D eigenvalue weighted by atomic mass is 79.9. The zero-order valence-corrected chi connectivity index (χ0v) is 13.6. The molecule has 0 heterocycles. The van der Waals surface area contributed by atoms with Gasteiger partial charge in [-0.2, -0.15) is 5.26 Å². The second kappa shape index (κ2) is 6.08. The first kappa shape index (κ1) is 15.2. The van der Waals surface area contributed by atoms with Gasteiger partial charge in [0.15, 0.2) is 5.82 Å². The lowest BCUT2D eigenvalue weighted by Gasteiger charge is -2.12. The van der Waals surface area contributed by atoms with Gasteiger partial charge in [-0.05, 0) is 56.1 Å². The maximum Gasteiger partial charge on any atom is 0.162 e. The fraction of sp³-hybridized carbons (Fsp3) is 0. The lowest BCUT2D eigenvalue weighted by molar-refractivity contribution is 0.624. The Bertz CT molecular complexity index is 706. The Morgan fingerprint density at radius 3 is 2.50 bits per heavy atom. The SMILES string of the molecule is N#Cc1ccc(Nc2c(Cl)cc(F)cc2Br)c(F)c1Br. The fourth-order valence-electron chi connectivity index (χ4n) is 1.53. The van der Waals surface area contributed by atoms with Crippen molar-refractivity contribution < 1.29 is 8.78 Å². The first-order valence-electron chi connectivity index (χ1n) is 5.23. The quantitative estimate of drug-likeness (QED) is 0.668. The summed E-state index contributed by atoms with van der Waals surface area (Å²) in [5.74, 6) is -1.13. The van der Waals surface area contributed by atoms with E-state index >= 15 is 0 Å². The second-order valence-corrected chi connectivity index (χ2v) is 5.82. The van der Waals surface area contributed by atoms with Crippen LogP contribution < -0.4 is 5.32 Å². The minimum Gasteiger partial charge on any atom is -0.351 e. The number of hydrogen-bond acceptors (Lipinski definition) is 2. The Labute approximate surface area is 135 Å². The first-order chi connectivity index (χ1) is 9.43. The van der Waals surface area contributed by atoms with E-state index in [0.717, 1.165) is 6.07 Å². The molecule has 0 unspecified atom stereocenters. The topological polar surface area (TPSA) is 35.8 Å². The predicted molar refractivity (Wildman–Crippen MR) is 81.2 cm³/mol. The molecule has 0 saturated carbocycles. The number of halogens is 5. The van der Waals surface area contributed by atoms with Gasteiger partial charge in [0.1, 0.15) is 11.9 Å². The maximum absolute atomic E-state index is 14.1. The summed E-state index contributed by atoms with van der Waals surface area (Å²) in [6, 6.07) is 7.05. The van der Waals surface area contributed by atoms with Crippen LogP contribution in [0.2, 0.25) is 5.02 Å². The molecule has 0 aliphatic rings. The molecule has 1 N–H and O–H groups in total. The maximum atomic E-state index is 14.1. The van der Waals surface area contributed by atoms with Crippen molar-refractivity contribution in [2.75, 3.05) is 5.32 Å². The molecule has 0 aliphatic carbocycles. The summed E-state index contributed by atoms with van der Waals surface area (Å²) in [5, 5.41) is 11.7. The average molecular weight is 422 g/mol. The van der Waals surface area contributed by atoms with Gasteiger partial charge in [-0.15, -0.1) is 0 Å². The normalized spacial score (nSPS) is 10.2. The molecule has 0 spiro atoms. The zero-order valence-electron chi connectivity index (χ0n) is 9.65. The van der Waals surface area contributed by atoms with Gasteiger partial charge in [0.25, 0.3) is 0 Å². The molecule has 0 fully saturated rings. The molecule has 2 aromatic rings. The van der Waals surface area contributed by atoms with Crippen LogP contribution >= 0.6 is 43.5 Å². The van der Waals surface area contributed by atoms with Crippen molar-refractivity contribution in [1.29, 1.82) is 5.26 Å². The highest BCUT2D eigenvalue weighted by Gasteiger charge is 2.14. The van der Waals surface area contributed by atoms with E-state index < -0.39 is 11.6 Å². The Balaban J connectivity index is 2.47. The molecular formula is C13H5Br2ClF2N2. The summed E-state index contributed by atoms with van der Waals surface area (Å²) in [6.45, 7) is 0. The number of rotatable bonds is 2. The Morgan fingerprint density at radius 2 is 1.90 bits per heavy atom. The van der Waals surface area contributed by atoms with Crippen molar-refractivity contribution >= 4 is 54.8 Å². The molecule has 0 aliphatic heterocycles. The van der Waals surface area contributed by atoms with Gasteiger partial charge in [0.05, 0.1) is 26.4 Å². The van der Waals surface area contributed by atoms with Crippen LogP contribution in [0.5, 0.6) is 0 Å². The van der Waals surface area contributed by atoms with Crippen LogP contribution in [0.3, 0.4) is 0 Å². The van der Waals surface area contributed by atoms with Crippen LogP contribution in [0.4, 0.5) is 20.2 Å². The van der Waals surface area contributed by atoms with Crippen molar-refractivity contribution in [3.8, 4) is 6.07 Å². The van der Waals surface area contributed by atoms with Crippen LogP contribution in [0, 0.1) is 23.0 Å². The third-order valence-electron chi connectivity index (χ3n) is 2.47. The van der Waals surface area contributed by atoms with Gasteiger partial charge in [0, 0.05) is 4.47 Å². The van der Waals surface area contributed by atoms with Gasteiger partial charge in [-0.3, -0.25) is 0 Å². The van der Waals surface area contributed by atoms with E-state index in [0.29, 0.717) is 10.2 Å². The summed E-state index contributed by atoms with van der Waals surface area (Å²) in [7, 11) is 0. The molecule has 0 bridgehead atoms. The average Bonchev–Trinajstić information content (AvgIpc) is 2.38. The Morgan fingerprint density at radius 1 is 1.20 bits per heavy atom. The van der Waals surface area contributed by atoms with Gasteiger partial charge >= 0.3 is 0 Å². The predicted octanol–water partition coefficient (Wildman–Crippen LogP) is 5.76. The summed E-state index contributed by atoms with van der Waals surface area (Å²) < 4.78 is 27.6. The van der Waals surface area contributed by atoms with Crippen molar-refractivity contribution in [3.63, 3.8) is 0 Å². The number of hydrogen-bond donors (Lipinski definition) is 1. The smallest absolute Gasteiger partial charge is 0.162 e. The second-order valence-electron chi connectivity index (χ2n) is 3.77. The molecule has 102 valence electrons. The highest BCUT2D eigenvalue weighted by molar-refractivity contribution is 9.11. The molecule has 0 amide bonds. The zero-order chi connectivity index (χ0) is 14.9. The number of benzene rings is 2. The third kappa shape index (κ3) is 2.95. The Kier molecular flexibility index (Phi) is 4.63. The van der Waals surface area contributed by atoms with Crippen molar-refractivity contribution in [3.05, 3.63) is 55.4 Å².